The molecule has 0 aromatic rings. The molecule has 0 atom stereocenters. The van der Waals surface area contributed by atoms with Gasteiger partial charge in [0.05, 0.1) is 6.73 Å². The van der Waals surface area contributed by atoms with E-state index in [1.54, 1.807) is 0 Å². The molecule has 0 bridgehead atoms. The minimum absolute atomic E-state index is 0.820. The summed E-state index contributed by atoms with van der Waals surface area (Å²) in [7, 11) is -0.933. The summed E-state index contributed by atoms with van der Waals surface area (Å²) < 4.78 is 6.28. The van der Waals surface area contributed by atoms with Crippen LogP contribution in [0.4, 0.5) is 0 Å². The van der Waals surface area contributed by atoms with Gasteiger partial charge in [-0.15, -0.1) is 0 Å². The fraction of sp³-hybridized carbons (Fsp3) is 1.00. The minimum atomic E-state index is -0.933. The van der Waals surface area contributed by atoms with Crippen LogP contribution in [-0.4, -0.2) is 22.3 Å². The van der Waals surface area contributed by atoms with Gasteiger partial charge in [0.2, 0.25) is 0 Å². The molecule has 0 saturated heterocycles. The Hall–Kier alpha value is 0.137. The van der Waals surface area contributed by atoms with Crippen molar-refractivity contribution in [3.8, 4) is 0 Å². The maximum absolute atomic E-state index is 6.28. The summed E-state index contributed by atoms with van der Waals surface area (Å²) in [6.07, 6.45) is 11.7. The van der Waals surface area contributed by atoms with Crippen molar-refractivity contribution in [1.29, 1.82) is 0 Å². The van der Waals surface area contributed by atoms with Crippen LogP contribution in [-0.2, 0) is 4.43 Å². The highest BCUT2D eigenvalue weighted by Gasteiger charge is 2.35. The van der Waals surface area contributed by atoms with Gasteiger partial charge in [-0.05, 0) is 17.6 Å². The highest BCUT2D eigenvalue weighted by molar-refractivity contribution is 6.55. The van der Waals surface area contributed by atoms with E-state index in [4.69, 9.17) is 4.43 Å². The summed E-state index contributed by atoms with van der Waals surface area (Å²) >= 11 is 0. The van der Waals surface area contributed by atoms with Crippen molar-refractivity contribution >= 4 is 9.04 Å². The lowest BCUT2D eigenvalue weighted by Crippen LogP contribution is -2.33. The van der Waals surface area contributed by atoms with Crippen molar-refractivity contribution < 1.29 is 4.43 Å². The van der Waals surface area contributed by atoms with Crippen molar-refractivity contribution in [3.63, 3.8) is 0 Å². The van der Waals surface area contributed by atoms with E-state index >= 15 is 0 Å². The van der Waals surface area contributed by atoms with Crippen LogP contribution in [0.2, 0.25) is 11.1 Å². The second-order valence-corrected chi connectivity index (χ2v) is 8.62. The molecule has 2 nitrogen and oxygen atoms in total. The van der Waals surface area contributed by atoms with Crippen LogP contribution in [0, 0.1) is 0 Å². The zero-order chi connectivity index (χ0) is 11.2. The van der Waals surface area contributed by atoms with E-state index in [2.05, 4.69) is 12.2 Å². The van der Waals surface area contributed by atoms with E-state index in [9.17, 15) is 0 Å². The van der Waals surface area contributed by atoms with Crippen molar-refractivity contribution in [1.82, 2.24) is 5.32 Å². The normalized spacial score (nSPS) is 23.6. The highest BCUT2D eigenvalue weighted by atomic mass is 28.3. The Morgan fingerprint density at radius 3 is 1.94 bits per heavy atom. The molecule has 0 spiro atoms. The lowest BCUT2D eigenvalue weighted by Gasteiger charge is -2.27. The average molecular weight is 241 g/mol. The van der Waals surface area contributed by atoms with Gasteiger partial charge in [0.15, 0.2) is 9.04 Å². The standard InChI is InChI=1S/C13H27NOSi/c1-2-14-11-15-16(12-7-3-4-8-12)13-9-5-6-10-13/h12-14,16H,2-11H2,1H3. The number of hydrogen-bond acceptors (Lipinski definition) is 2. The Morgan fingerprint density at radius 2 is 1.50 bits per heavy atom. The van der Waals surface area contributed by atoms with Crippen LogP contribution in [0.5, 0.6) is 0 Å². The summed E-state index contributed by atoms with van der Waals surface area (Å²) in [6.45, 7) is 4.02. The van der Waals surface area contributed by atoms with Crippen molar-refractivity contribution in [2.24, 2.45) is 0 Å². The number of rotatable bonds is 6. The number of hydrogen-bond donors (Lipinski definition) is 1. The summed E-state index contributed by atoms with van der Waals surface area (Å²) in [4.78, 5) is 0. The van der Waals surface area contributed by atoms with Crippen LogP contribution in [0.1, 0.15) is 58.3 Å². The van der Waals surface area contributed by atoms with E-state index in [0.717, 1.165) is 24.4 Å². The van der Waals surface area contributed by atoms with Gasteiger partial charge in [-0.3, -0.25) is 5.32 Å². The first kappa shape index (κ1) is 12.6. The van der Waals surface area contributed by atoms with E-state index in [1.165, 1.54) is 51.4 Å². The van der Waals surface area contributed by atoms with E-state index in [0.29, 0.717) is 0 Å². The molecule has 2 aliphatic rings. The molecule has 0 amide bonds. The monoisotopic (exact) mass is 241 g/mol. The Balaban J connectivity index is 1.83. The molecule has 3 heteroatoms. The van der Waals surface area contributed by atoms with Gasteiger partial charge >= 0.3 is 0 Å². The number of nitrogens with one attached hydrogen (secondary N) is 1. The lowest BCUT2D eigenvalue weighted by molar-refractivity contribution is 0.273. The van der Waals surface area contributed by atoms with Crippen LogP contribution < -0.4 is 5.32 Å². The lowest BCUT2D eigenvalue weighted by atomic mass is 10.3. The minimum Gasteiger partial charge on any atom is -0.407 e. The predicted octanol–water partition coefficient (Wildman–Crippen LogP) is 3.18. The van der Waals surface area contributed by atoms with Crippen molar-refractivity contribution in [2.45, 2.75) is 69.4 Å². The maximum Gasteiger partial charge on any atom is 0.184 e. The second kappa shape index (κ2) is 6.77. The van der Waals surface area contributed by atoms with E-state index in [1.807, 2.05) is 0 Å². The molecule has 2 fully saturated rings. The van der Waals surface area contributed by atoms with Crippen molar-refractivity contribution in [2.75, 3.05) is 13.3 Å². The third kappa shape index (κ3) is 3.31. The molecule has 2 saturated carbocycles. The molecule has 0 aliphatic heterocycles. The Kier molecular flexibility index (Phi) is 5.33. The van der Waals surface area contributed by atoms with Gasteiger partial charge in [0, 0.05) is 0 Å². The molecule has 16 heavy (non-hydrogen) atoms. The van der Waals surface area contributed by atoms with Gasteiger partial charge in [0.1, 0.15) is 0 Å². The zero-order valence-electron chi connectivity index (χ0n) is 10.7. The zero-order valence-corrected chi connectivity index (χ0v) is 11.9. The van der Waals surface area contributed by atoms with Gasteiger partial charge < -0.3 is 4.43 Å². The highest BCUT2D eigenvalue weighted by Crippen LogP contribution is 2.43. The van der Waals surface area contributed by atoms with Gasteiger partial charge in [-0.2, -0.15) is 0 Å². The molecule has 0 heterocycles. The molecule has 0 aromatic heterocycles. The topological polar surface area (TPSA) is 21.3 Å². The molecule has 1 N–H and O–H groups in total. The molecule has 2 rings (SSSR count). The van der Waals surface area contributed by atoms with Crippen molar-refractivity contribution in [3.05, 3.63) is 0 Å². The SMILES string of the molecule is CCNCO[SiH](C1CCCC1)C1CCCC1. The van der Waals surface area contributed by atoms with Gasteiger partial charge in [0.25, 0.3) is 0 Å². The molecular weight excluding hydrogens is 214 g/mol. The van der Waals surface area contributed by atoms with Crippen LogP contribution in [0.15, 0.2) is 0 Å². The first-order chi connectivity index (χ1) is 7.92. The Labute approximate surface area is 102 Å². The second-order valence-electron chi connectivity index (χ2n) is 5.47. The van der Waals surface area contributed by atoms with Crippen LogP contribution in [0.3, 0.4) is 0 Å². The first-order valence-corrected chi connectivity index (χ1v) is 9.04. The third-order valence-electron chi connectivity index (χ3n) is 4.36. The Morgan fingerprint density at radius 1 is 1.00 bits per heavy atom. The summed E-state index contributed by atoms with van der Waals surface area (Å²) in [6, 6.07) is 0. The molecule has 0 unspecified atom stereocenters. The third-order valence-corrected chi connectivity index (χ3v) is 8.10. The quantitative estimate of drug-likeness (QED) is 0.438. The maximum atomic E-state index is 6.28. The Bertz CT molecular complexity index is 172. The smallest absolute Gasteiger partial charge is 0.184 e. The van der Waals surface area contributed by atoms with Gasteiger partial charge in [-0.1, -0.05) is 58.3 Å². The van der Waals surface area contributed by atoms with E-state index in [-0.39, 0.29) is 0 Å². The van der Waals surface area contributed by atoms with E-state index < -0.39 is 9.04 Å². The largest absolute Gasteiger partial charge is 0.407 e. The fourth-order valence-corrected chi connectivity index (χ4v) is 7.37. The first-order valence-electron chi connectivity index (χ1n) is 7.24. The molecule has 0 radical (unpaired) electrons. The molecule has 2 aliphatic carbocycles. The molecule has 94 valence electrons. The molecular formula is C13H27NOSi. The fourth-order valence-electron chi connectivity index (χ4n) is 3.49. The summed E-state index contributed by atoms with van der Waals surface area (Å²) in [5.41, 5.74) is 2.00. The predicted molar refractivity (Wildman–Crippen MR) is 71.2 cm³/mol. The van der Waals surface area contributed by atoms with Crippen LogP contribution in [0.25, 0.3) is 0 Å². The summed E-state index contributed by atoms with van der Waals surface area (Å²) in [5.74, 6) is 0. The van der Waals surface area contributed by atoms with Gasteiger partial charge in [-0.25, -0.2) is 0 Å². The molecule has 0 aromatic carbocycles. The van der Waals surface area contributed by atoms with Crippen LogP contribution >= 0.6 is 0 Å². The average Bonchev–Trinajstić information content (AvgIpc) is 2.97. The summed E-state index contributed by atoms with van der Waals surface area (Å²) in [5, 5.41) is 3.34.